The van der Waals surface area contributed by atoms with Crippen LogP contribution in [0.15, 0.2) is 83.6 Å². The lowest BCUT2D eigenvalue weighted by Crippen LogP contribution is -2.55. The molecule has 0 unspecified atom stereocenters. The van der Waals surface area contributed by atoms with Gasteiger partial charge in [0.1, 0.15) is 11.6 Å². The van der Waals surface area contributed by atoms with Gasteiger partial charge in [-0.15, -0.1) is 10.2 Å². The molecular formula is C28H38N4O. The molecule has 1 saturated heterocycles. The number of phenolic OH excluding ortho intramolecular Hbond substituents is 1. The Labute approximate surface area is 199 Å². The number of hydrogen-bond donors (Lipinski definition) is 2. The van der Waals surface area contributed by atoms with Crippen LogP contribution in [0.5, 0.6) is 5.75 Å². The second kappa shape index (κ2) is 12.2. The van der Waals surface area contributed by atoms with Gasteiger partial charge in [0.05, 0.1) is 5.71 Å². The lowest BCUT2D eigenvalue weighted by atomic mass is 9.97. The van der Waals surface area contributed by atoms with Crippen molar-refractivity contribution in [2.24, 2.45) is 10.2 Å². The van der Waals surface area contributed by atoms with Gasteiger partial charge in [0, 0.05) is 30.7 Å². The van der Waals surface area contributed by atoms with Crippen LogP contribution in [0.3, 0.4) is 0 Å². The predicted octanol–water partition coefficient (Wildman–Crippen LogP) is 5.86. The monoisotopic (exact) mass is 446 g/mol. The van der Waals surface area contributed by atoms with Crippen LogP contribution in [0.4, 0.5) is 0 Å². The Bertz CT molecular complexity index is 1000. The highest BCUT2D eigenvalue weighted by atomic mass is 16.3. The van der Waals surface area contributed by atoms with Crippen LogP contribution in [0.1, 0.15) is 52.2 Å². The zero-order valence-corrected chi connectivity index (χ0v) is 20.7. The van der Waals surface area contributed by atoms with E-state index in [1.165, 1.54) is 0 Å². The number of nitrogens with zero attached hydrogens (tertiary/aromatic N) is 3. The lowest BCUT2D eigenvalue weighted by molar-refractivity contribution is 0.253. The number of hydrogen-bond acceptors (Lipinski definition) is 4. The van der Waals surface area contributed by atoms with Gasteiger partial charge in [-0.25, -0.2) is 0 Å². The average Bonchev–Trinajstić information content (AvgIpc) is 2.76. The molecule has 176 valence electrons. The number of piperazine rings is 1. The molecule has 0 spiro atoms. The molecule has 0 saturated carbocycles. The van der Waals surface area contributed by atoms with E-state index in [1.54, 1.807) is 18.2 Å². The van der Waals surface area contributed by atoms with Gasteiger partial charge in [-0.3, -0.25) is 0 Å². The predicted molar refractivity (Wildman–Crippen MR) is 143 cm³/mol. The smallest absolute Gasteiger partial charge is 0.125 e. The molecule has 2 rings (SSSR count). The van der Waals surface area contributed by atoms with Gasteiger partial charge in [-0.05, 0) is 75.1 Å². The molecule has 0 bridgehead atoms. The van der Waals surface area contributed by atoms with Gasteiger partial charge in [0.15, 0.2) is 0 Å². The Morgan fingerprint density at radius 1 is 1.15 bits per heavy atom. The molecule has 33 heavy (non-hydrogen) atoms. The highest BCUT2D eigenvalue weighted by Crippen LogP contribution is 2.27. The van der Waals surface area contributed by atoms with Crippen molar-refractivity contribution in [1.29, 1.82) is 0 Å². The minimum Gasteiger partial charge on any atom is -0.507 e. The van der Waals surface area contributed by atoms with Crippen LogP contribution in [-0.2, 0) is 0 Å². The van der Waals surface area contributed by atoms with Crippen LogP contribution in [0, 0.1) is 0 Å². The topological polar surface area (TPSA) is 60.2 Å². The molecule has 1 aliphatic rings. The zero-order chi connectivity index (χ0) is 24.5. The summed E-state index contributed by atoms with van der Waals surface area (Å²) < 4.78 is 0. The van der Waals surface area contributed by atoms with E-state index in [9.17, 15) is 5.11 Å². The van der Waals surface area contributed by atoms with E-state index in [-0.39, 0.29) is 5.75 Å². The number of amidine groups is 1. The summed E-state index contributed by atoms with van der Waals surface area (Å²) in [6.45, 7) is 24.0. The average molecular weight is 447 g/mol. The van der Waals surface area contributed by atoms with Gasteiger partial charge in [0.25, 0.3) is 0 Å². The summed E-state index contributed by atoms with van der Waals surface area (Å²) in [7, 11) is 0. The second-order valence-electron chi connectivity index (χ2n) is 8.59. The minimum absolute atomic E-state index is 0.118. The summed E-state index contributed by atoms with van der Waals surface area (Å²) in [5, 5.41) is 23.1. The first-order valence-corrected chi connectivity index (χ1v) is 11.5. The zero-order valence-electron chi connectivity index (χ0n) is 20.7. The molecule has 1 aromatic carbocycles. The fraction of sp³-hybridized carbons (Fsp3) is 0.357. The normalized spacial score (nSPS) is 20.6. The molecule has 1 aliphatic heterocycles. The number of aromatic hydroxyl groups is 1. The second-order valence-corrected chi connectivity index (χ2v) is 8.59. The van der Waals surface area contributed by atoms with Crippen LogP contribution >= 0.6 is 0 Å². The van der Waals surface area contributed by atoms with Gasteiger partial charge in [-0.2, -0.15) is 0 Å². The van der Waals surface area contributed by atoms with Gasteiger partial charge in [0.2, 0.25) is 0 Å². The maximum Gasteiger partial charge on any atom is 0.125 e. The van der Waals surface area contributed by atoms with E-state index in [2.05, 4.69) is 67.0 Å². The molecule has 5 nitrogen and oxygen atoms in total. The molecule has 2 atom stereocenters. The number of nitrogens with one attached hydrogen (secondary N) is 1. The highest BCUT2D eigenvalue weighted by Gasteiger charge is 2.21. The third-order valence-electron chi connectivity index (χ3n) is 5.57. The summed E-state index contributed by atoms with van der Waals surface area (Å²) in [5.41, 5.74) is 4.92. The van der Waals surface area contributed by atoms with Gasteiger partial charge < -0.3 is 15.3 Å². The number of rotatable bonds is 8. The summed E-state index contributed by atoms with van der Waals surface area (Å²) in [4.78, 5) is 2.23. The Hall–Kier alpha value is -3.18. The number of allylic oxidation sites excluding steroid dienone is 7. The first-order chi connectivity index (χ1) is 15.7. The quantitative estimate of drug-likeness (QED) is 0.227. The molecular weight excluding hydrogens is 408 g/mol. The first-order valence-electron chi connectivity index (χ1n) is 11.5. The molecule has 0 amide bonds. The van der Waals surface area contributed by atoms with E-state index in [4.69, 9.17) is 0 Å². The molecule has 2 N–H and O–H groups in total. The van der Waals surface area contributed by atoms with E-state index in [1.807, 2.05) is 32.1 Å². The summed E-state index contributed by atoms with van der Waals surface area (Å²) >= 11 is 0. The van der Waals surface area contributed by atoms with E-state index >= 15 is 0 Å². The van der Waals surface area contributed by atoms with Crippen molar-refractivity contribution in [3.8, 4) is 5.75 Å². The van der Waals surface area contributed by atoms with E-state index in [0.717, 1.165) is 47.6 Å². The van der Waals surface area contributed by atoms with Gasteiger partial charge >= 0.3 is 0 Å². The third kappa shape index (κ3) is 7.16. The number of phenols is 1. The van der Waals surface area contributed by atoms with E-state index < -0.39 is 0 Å². The van der Waals surface area contributed by atoms with Crippen molar-refractivity contribution in [1.82, 2.24) is 10.2 Å². The maximum absolute atomic E-state index is 10.8. The molecule has 5 heteroatoms. The molecule has 0 radical (unpaired) electrons. The van der Waals surface area contributed by atoms with Crippen molar-refractivity contribution in [2.75, 3.05) is 13.1 Å². The standard InChI is InChI=1S/C28H38N4O/c1-9-12-24(19(4)5)15-23(10-2)25-13-14-26(28(33)16-25)27(11-3)31-30-22(8)32-17-20(6)29-21(7)18-32/h10-16,20-21,29,33H,2-4,9,17-18H2,1,5-8H3/b23-15+,24-12-,30-22+,31-27+/t20-,21+. The third-order valence-corrected chi connectivity index (χ3v) is 5.57. The van der Waals surface area contributed by atoms with E-state index in [0.29, 0.717) is 23.4 Å². The van der Waals surface area contributed by atoms with Crippen molar-refractivity contribution >= 4 is 17.1 Å². The minimum atomic E-state index is 0.118. The molecule has 0 aliphatic carbocycles. The molecule has 0 aromatic heterocycles. The first kappa shape index (κ1) is 26.1. The molecule has 1 fully saturated rings. The Morgan fingerprint density at radius 3 is 2.33 bits per heavy atom. The Balaban J connectivity index is 2.34. The highest BCUT2D eigenvalue weighted by molar-refractivity contribution is 6.10. The maximum atomic E-state index is 10.8. The van der Waals surface area contributed by atoms with Gasteiger partial charge in [-0.1, -0.05) is 50.5 Å². The van der Waals surface area contributed by atoms with Crippen molar-refractivity contribution in [3.63, 3.8) is 0 Å². The fourth-order valence-corrected chi connectivity index (χ4v) is 3.92. The summed E-state index contributed by atoms with van der Waals surface area (Å²) in [5.74, 6) is 0.963. The lowest BCUT2D eigenvalue weighted by Gasteiger charge is -2.36. The Kier molecular flexibility index (Phi) is 9.61. The van der Waals surface area contributed by atoms with Crippen molar-refractivity contribution < 1.29 is 5.11 Å². The Morgan fingerprint density at radius 2 is 1.82 bits per heavy atom. The van der Waals surface area contributed by atoms with Crippen molar-refractivity contribution in [2.45, 2.75) is 53.1 Å². The van der Waals surface area contributed by atoms with Crippen LogP contribution < -0.4 is 5.32 Å². The summed E-state index contributed by atoms with van der Waals surface area (Å²) in [6, 6.07) is 6.29. The van der Waals surface area contributed by atoms with Crippen molar-refractivity contribution in [3.05, 3.63) is 84.5 Å². The fourth-order valence-electron chi connectivity index (χ4n) is 3.92. The van der Waals surface area contributed by atoms with Crippen LogP contribution in [-0.4, -0.2) is 46.7 Å². The van der Waals surface area contributed by atoms with Crippen LogP contribution in [0.2, 0.25) is 0 Å². The molecule has 1 aromatic rings. The SMILES string of the molecule is C=C/C(=C\C(=C\CC)C(=C)C)c1ccc(/C(C=C)=N/N=C(\C)N2C[C@@H](C)N[C@@H](C)C2)c(O)c1. The molecule has 1 heterocycles. The number of benzene rings is 1. The summed E-state index contributed by atoms with van der Waals surface area (Å²) in [6.07, 6.45) is 8.48. The largest absolute Gasteiger partial charge is 0.507 e. The van der Waals surface area contributed by atoms with Crippen LogP contribution in [0.25, 0.3) is 5.57 Å².